The number of carbonyl (C=O) groups excluding carboxylic acids is 1. The fourth-order valence-electron chi connectivity index (χ4n) is 5.05. The zero-order chi connectivity index (χ0) is 19.0. The van der Waals surface area contributed by atoms with Gasteiger partial charge in [0.2, 0.25) is 5.91 Å². The highest BCUT2D eigenvalue weighted by atomic mass is 32.1. The Kier molecular flexibility index (Phi) is 5.08. The minimum Gasteiger partial charge on any atom is -0.385 e. The number of aromatic nitrogens is 1. The van der Waals surface area contributed by atoms with Crippen molar-refractivity contribution in [2.24, 2.45) is 5.92 Å². The molecule has 0 spiro atoms. The summed E-state index contributed by atoms with van der Waals surface area (Å²) in [5, 5.41) is 12.6. The third-order valence-corrected chi connectivity index (χ3v) is 7.46. The Hall–Kier alpha value is -1.72. The van der Waals surface area contributed by atoms with Crippen LogP contribution in [0.5, 0.6) is 0 Å². The van der Waals surface area contributed by atoms with E-state index in [0.717, 1.165) is 46.8 Å². The summed E-state index contributed by atoms with van der Waals surface area (Å²) in [6.07, 6.45) is 5.29. The predicted octanol–water partition coefficient (Wildman–Crippen LogP) is 3.98. The number of carbonyl (C=O) groups is 1. The van der Waals surface area contributed by atoms with E-state index in [9.17, 15) is 9.90 Å². The lowest BCUT2D eigenvalue weighted by Gasteiger charge is -2.52. The van der Waals surface area contributed by atoms with Crippen molar-refractivity contribution in [3.63, 3.8) is 0 Å². The number of benzene rings is 1. The third-order valence-electron chi connectivity index (χ3n) is 6.38. The molecule has 27 heavy (non-hydrogen) atoms. The molecule has 2 aromatic rings. The first kappa shape index (κ1) is 18.6. The van der Waals surface area contributed by atoms with Crippen molar-refractivity contribution >= 4 is 17.2 Å². The Morgan fingerprint density at radius 2 is 2.00 bits per heavy atom. The van der Waals surface area contributed by atoms with E-state index in [1.807, 2.05) is 44.2 Å². The number of hydrogen-bond acceptors (Lipinski definition) is 4. The molecule has 2 fully saturated rings. The van der Waals surface area contributed by atoms with Crippen LogP contribution >= 0.6 is 11.3 Å². The molecular formula is C22H28N2O2S. The molecule has 1 aromatic heterocycles. The second-order valence-electron chi connectivity index (χ2n) is 8.00. The van der Waals surface area contributed by atoms with Gasteiger partial charge in [-0.1, -0.05) is 43.2 Å². The lowest BCUT2D eigenvalue weighted by Crippen LogP contribution is -2.59. The van der Waals surface area contributed by atoms with Gasteiger partial charge in [-0.25, -0.2) is 4.98 Å². The number of fused-ring (bicyclic) bond motifs is 1. The maximum absolute atomic E-state index is 13.2. The van der Waals surface area contributed by atoms with Gasteiger partial charge in [0.1, 0.15) is 0 Å². The molecule has 1 saturated heterocycles. The van der Waals surface area contributed by atoms with Crippen LogP contribution in [-0.4, -0.2) is 33.5 Å². The summed E-state index contributed by atoms with van der Waals surface area (Å²) >= 11 is 1.62. The van der Waals surface area contributed by atoms with Crippen LogP contribution in [0.4, 0.5) is 0 Å². The zero-order valence-electron chi connectivity index (χ0n) is 16.1. The number of piperidine rings is 1. The maximum Gasteiger partial charge on any atom is 0.228 e. The molecule has 2 heterocycles. The highest BCUT2D eigenvalue weighted by molar-refractivity contribution is 7.11. The van der Waals surface area contributed by atoms with Gasteiger partial charge in [-0.05, 0) is 38.7 Å². The van der Waals surface area contributed by atoms with E-state index in [1.165, 1.54) is 0 Å². The van der Waals surface area contributed by atoms with Crippen molar-refractivity contribution < 1.29 is 9.90 Å². The predicted molar refractivity (Wildman–Crippen MR) is 108 cm³/mol. The first-order valence-electron chi connectivity index (χ1n) is 9.99. The number of hydrogen-bond donors (Lipinski definition) is 1. The Balaban J connectivity index is 1.58. The van der Waals surface area contributed by atoms with E-state index in [0.29, 0.717) is 19.4 Å². The van der Waals surface area contributed by atoms with E-state index in [4.69, 9.17) is 0 Å². The van der Waals surface area contributed by atoms with Gasteiger partial charge in [-0.2, -0.15) is 0 Å². The van der Waals surface area contributed by atoms with Crippen LogP contribution in [-0.2, 0) is 16.8 Å². The monoisotopic (exact) mass is 384 g/mol. The highest BCUT2D eigenvalue weighted by Crippen LogP contribution is 2.47. The van der Waals surface area contributed by atoms with Crippen molar-refractivity contribution in [3.8, 4) is 0 Å². The zero-order valence-corrected chi connectivity index (χ0v) is 17.0. The standard InChI is InChI=1S/C22H28N2O2S/c1-15-20(27-16(2)23-15)14-21(25)24-13-12-22(26,17-8-4-3-5-9-17)18-10-6-7-11-19(18)24/h3-5,8-9,18-19,26H,6-7,10-14H2,1-2H3/t18-,19?,22-/m1/s1. The van der Waals surface area contributed by atoms with Gasteiger partial charge >= 0.3 is 0 Å². The molecule has 1 unspecified atom stereocenters. The van der Waals surface area contributed by atoms with Gasteiger partial charge in [-0.15, -0.1) is 11.3 Å². The Bertz CT molecular complexity index is 819. The summed E-state index contributed by atoms with van der Waals surface area (Å²) in [7, 11) is 0. The van der Waals surface area contributed by atoms with Gasteiger partial charge < -0.3 is 10.0 Å². The van der Waals surface area contributed by atoms with Crippen LogP contribution in [0, 0.1) is 19.8 Å². The minimum atomic E-state index is -0.819. The number of amides is 1. The summed E-state index contributed by atoms with van der Waals surface area (Å²) in [6.45, 7) is 4.60. The maximum atomic E-state index is 13.2. The lowest BCUT2D eigenvalue weighted by atomic mass is 9.66. The van der Waals surface area contributed by atoms with E-state index in [-0.39, 0.29) is 17.9 Å². The lowest BCUT2D eigenvalue weighted by molar-refractivity contribution is -0.154. The Labute approximate surface area is 165 Å². The number of aryl methyl sites for hydroxylation is 2. The van der Waals surface area contributed by atoms with Gasteiger partial charge in [0, 0.05) is 23.4 Å². The second-order valence-corrected chi connectivity index (χ2v) is 9.29. The molecule has 0 radical (unpaired) electrons. The minimum absolute atomic E-state index is 0.121. The molecule has 5 heteroatoms. The van der Waals surface area contributed by atoms with Crippen LogP contribution in [0.3, 0.4) is 0 Å². The average Bonchev–Trinajstić information content (AvgIpc) is 2.99. The van der Waals surface area contributed by atoms with Crippen molar-refractivity contribution in [1.82, 2.24) is 9.88 Å². The van der Waals surface area contributed by atoms with Gasteiger partial charge in [-0.3, -0.25) is 4.79 Å². The summed E-state index contributed by atoms with van der Waals surface area (Å²) in [4.78, 5) is 20.8. The van der Waals surface area contributed by atoms with Crippen molar-refractivity contribution in [3.05, 3.63) is 51.5 Å². The van der Waals surface area contributed by atoms with Crippen LogP contribution in [0.2, 0.25) is 0 Å². The normalized spacial score (nSPS) is 28.0. The number of likely N-dealkylation sites (tertiary alicyclic amines) is 1. The van der Waals surface area contributed by atoms with E-state index >= 15 is 0 Å². The Morgan fingerprint density at radius 1 is 1.26 bits per heavy atom. The van der Waals surface area contributed by atoms with Crippen molar-refractivity contribution in [1.29, 1.82) is 0 Å². The first-order chi connectivity index (χ1) is 13.0. The average molecular weight is 385 g/mol. The molecule has 1 aliphatic heterocycles. The van der Waals surface area contributed by atoms with Crippen molar-refractivity contribution in [2.75, 3.05) is 6.54 Å². The van der Waals surface area contributed by atoms with Gasteiger partial charge in [0.05, 0.1) is 22.7 Å². The summed E-state index contributed by atoms with van der Waals surface area (Å²) in [5.41, 5.74) is 1.16. The number of rotatable bonds is 3. The summed E-state index contributed by atoms with van der Waals surface area (Å²) in [5.74, 6) is 0.310. The number of aliphatic hydroxyl groups is 1. The van der Waals surface area contributed by atoms with Crippen LogP contribution < -0.4 is 0 Å². The molecule has 4 rings (SSSR count). The molecular weight excluding hydrogens is 356 g/mol. The summed E-state index contributed by atoms with van der Waals surface area (Å²) in [6, 6.07) is 10.2. The summed E-state index contributed by atoms with van der Waals surface area (Å²) < 4.78 is 0. The molecule has 144 valence electrons. The quantitative estimate of drug-likeness (QED) is 0.871. The molecule has 4 nitrogen and oxygen atoms in total. The fourth-order valence-corrected chi connectivity index (χ4v) is 5.98. The molecule has 3 atom stereocenters. The van der Waals surface area contributed by atoms with Crippen LogP contribution in [0.15, 0.2) is 30.3 Å². The van der Waals surface area contributed by atoms with Crippen LogP contribution in [0.1, 0.15) is 53.2 Å². The smallest absolute Gasteiger partial charge is 0.228 e. The molecule has 1 aromatic carbocycles. The molecule has 1 N–H and O–H groups in total. The largest absolute Gasteiger partial charge is 0.385 e. The fraction of sp³-hybridized carbons (Fsp3) is 0.545. The Morgan fingerprint density at radius 3 is 2.70 bits per heavy atom. The number of nitrogens with zero attached hydrogens (tertiary/aromatic N) is 2. The molecule has 1 aliphatic carbocycles. The van der Waals surface area contributed by atoms with E-state index in [1.54, 1.807) is 11.3 Å². The highest BCUT2D eigenvalue weighted by Gasteiger charge is 2.50. The van der Waals surface area contributed by atoms with Crippen molar-refractivity contribution in [2.45, 2.75) is 64.0 Å². The number of thiazole rings is 1. The first-order valence-corrected chi connectivity index (χ1v) is 10.8. The van der Waals surface area contributed by atoms with E-state index in [2.05, 4.69) is 9.88 Å². The van der Waals surface area contributed by atoms with Crippen LogP contribution in [0.25, 0.3) is 0 Å². The SMILES string of the molecule is Cc1nc(C)c(CC(=O)N2CC[C@@](O)(c3ccccc3)[C@@H]3CCCCC32)s1. The molecule has 2 aliphatic rings. The topological polar surface area (TPSA) is 53.4 Å². The van der Waals surface area contributed by atoms with Gasteiger partial charge in [0.15, 0.2) is 0 Å². The molecule has 0 bridgehead atoms. The van der Waals surface area contributed by atoms with E-state index < -0.39 is 5.60 Å². The second kappa shape index (κ2) is 7.36. The van der Waals surface area contributed by atoms with Gasteiger partial charge in [0.25, 0.3) is 0 Å². The molecule has 1 amide bonds. The molecule has 1 saturated carbocycles. The third kappa shape index (κ3) is 3.43.